The molecule has 0 aromatic carbocycles. The third-order valence-corrected chi connectivity index (χ3v) is 3.26. The normalized spacial score (nSPS) is 13.5. The van der Waals surface area contributed by atoms with Gasteiger partial charge in [0.15, 0.2) is 0 Å². The van der Waals surface area contributed by atoms with Crippen molar-refractivity contribution >= 4 is 5.97 Å². The smallest absolute Gasteiger partial charge is 0.303 e. The Bertz CT molecular complexity index is 345. The Morgan fingerprint density at radius 3 is 2.45 bits per heavy atom. The highest BCUT2D eigenvalue weighted by molar-refractivity contribution is 5.66. The molecule has 0 aliphatic carbocycles. The van der Waals surface area contributed by atoms with E-state index in [1.54, 1.807) is 0 Å². The number of allylic oxidation sites excluding steroid dienone is 5. The number of unbranched alkanes of at least 4 members (excludes halogenated alkanes) is 4. The van der Waals surface area contributed by atoms with Crippen molar-refractivity contribution in [1.82, 2.24) is 0 Å². The van der Waals surface area contributed by atoms with Gasteiger partial charge in [0.25, 0.3) is 0 Å². The summed E-state index contributed by atoms with van der Waals surface area (Å²) in [4.78, 5) is 14.8. The molecule has 126 valence electrons. The molecule has 0 aromatic rings. The van der Waals surface area contributed by atoms with E-state index in [0.29, 0.717) is 0 Å². The van der Waals surface area contributed by atoms with Crippen LogP contribution in [0.5, 0.6) is 0 Å². The number of carboxylic acid groups (broad SMARTS) is 1. The van der Waals surface area contributed by atoms with Crippen molar-refractivity contribution < 1.29 is 20.0 Å². The molecule has 0 aliphatic heterocycles. The average Bonchev–Trinajstić information content (AvgIpc) is 2.50. The third-order valence-electron chi connectivity index (χ3n) is 3.26. The summed E-state index contributed by atoms with van der Waals surface area (Å²) in [5, 5.41) is 17.4. The monoisotopic (exact) mass is 310 g/mol. The van der Waals surface area contributed by atoms with Crippen molar-refractivity contribution in [3.8, 4) is 0 Å². The second-order valence-corrected chi connectivity index (χ2v) is 5.27. The zero-order valence-corrected chi connectivity index (χ0v) is 13.6. The molecule has 1 atom stereocenters. The van der Waals surface area contributed by atoms with Gasteiger partial charge < -0.3 is 5.11 Å². The van der Waals surface area contributed by atoms with Crippen LogP contribution in [0.3, 0.4) is 0 Å². The van der Waals surface area contributed by atoms with E-state index in [1.165, 1.54) is 0 Å². The molecule has 0 spiro atoms. The molecule has 0 saturated heterocycles. The van der Waals surface area contributed by atoms with Gasteiger partial charge in [-0.25, -0.2) is 4.89 Å². The van der Waals surface area contributed by atoms with Crippen molar-refractivity contribution in [3.05, 3.63) is 36.5 Å². The minimum Gasteiger partial charge on any atom is -0.481 e. The largest absolute Gasteiger partial charge is 0.481 e. The maximum atomic E-state index is 10.4. The van der Waals surface area contributed by atoms with Crippen molar-refractivity contribution in [1.29, 1.82) is 0 Å². The van der Waals surface area contributed by atoms with Crippen molar-refractivity contribution in [2.75, 3.05) is 0 Å². The Morgan fingerprint density at radius 2 is 1.77 bits per heavy atom. The van der Waals surface area contributed by atoms with Crippen LogP contribution in [0.4, 0.5) is 0 Å². The van der Waals surface area contributed by atoms with Gasteiger partial charge in [0, 0.05) is 6.42 Å². The maximum absolute atomic E-state index is 10.4. The molecule has 0 saturated carbocycles. The molecule has 0 aromatic heterocycles. The van der Waals surface area contributed by atoms with Crippen LogP contribution < -0.4 is 0 Å². The Kier molecular flexibility index (Phi) is 15.0. The highest BCUT2D eigenvalue weighted by Gasteiger charge is 2.03. The molecule has 0 amide bonds. The van der Waals surface area contributed by atoms with E-state index >= 15 is 0 Å². The predicted octanol–water partition coefficient (Wildman–Crippen LogP) is 5.13. The van der Waals surface area contributed by atoms with E-state index < -0.39 is 5.97 Å². The first kappa shape index (κ1) is 20.6. The molecule has 4 heteroatoms. The van der Waals surface area contributed by atoms with Crippen molar-refractivity contribution in [3.63, 3.8) is 0 Å². The lowest BCUT2D eigenvalue weighted by atomic mass is 10.1. The second-order valence-electron chi connectivity index (χ2n) is 5.27. The fraction of sp³-hybridized carbons (Fsp3) is 0.611. The summed E-state index contributed by atoms with van der Waals surface area (Å²) in [7, 11) is 0. The summed E-state index contributed by atoms with van der Waals surface area (Å²) in [5.74, 6) is -0.725. The van der Waals surface area contributed by atoms with Gasteiger partial charge in [-0.05, 0) is 25.7 Å². The lowest BCUT2D eigenvalue weighted by Crippen LogP contribution is -2.06. The molecular weight excluding hydrogens is 280 g/mol. The minimum atomic E-state index is -0.725. The summed E-state index contributed by atoms with van der Waals surface area (Å²) in [5.41, 5.74) is 0. The maximum Gasteiger partial charge on any atom is 0.303 e. The number of rotatable bonds is 14. The van der Waals surface area contributed by atoms with Crippen LogP contribution in [0.25, 0.3) is 0 Å². The molecule has 22 heavy (non-hydrogen) atoms. The van der Waals surface area contributed by atoms with Gasteiger partial charge >= 0.3 is 5.97 Å². The molecular formula is C18H30O4. The number of aliphatic carboxylic acids is 1. The molecule has 0 rings (SSSR count). The van der Waals surface area contributed by atoms with E-state index in [9.17, 15) is 4.79 Å². The summed E-state index contributed by atoms with van der Waals surface area (Å²) < 4.78 is 0. The first-order chi connectivity index (χ1) is 10.7. The first-order valence-electron chi connectivity index (χ1n) is 8.21. The molecule has 4 nitrogen and oxygen atoms in total. The molecule has 1 unspecified atom stereocenters. The number of carboxylic acids is 1. The van der Waals surface area contributed by atoms with Gasteiger partial charge in [0.1, 0.15) is 6.10 Å². The third kappa shape index (κ3) is 15.0. The van der Waals surface area contributed by atoms with Gasteiger partial charge in [-0.15, -0.1) is 0 Å². The van der Waals surface area contributed by atoms with E-state index in [4.69, 9.17) is 10.4 Å². The van der Waals surface area contributed by atoms with Crippen molar-refractivity contribution in [2.45, 2.75) is 70.8 Å². The fourth-order valence-corrected chi connectivity index (χ4v) is 2.02. The van der Waals surface area contributed by atoms with E-state index in [-0.39, 0.29) is 12.5 Å². The van der Waals surface area contributed by atoms with Crippen LogP contribution in [-0.4, -0.2) is 22.4 Å². The Labute approximate surface area is 134 Å². The van der Waals surface area contributed by atoms with E-state index in [2.05, 4.69) is 30.0 Å². The Morgan fingerprint density at radius 1 is 1.05 bits per heavy atom. The standard InChI is InChI=1S/C18H30O4/c1-2-3-4-5-6-8-11-14-17(22-21)15-12-9-7-10-13-16-18(19)20/h3-4,6,8,11,14,17,21H,2,5,7,9-10,12-13,15-16H2,1H3,(H,19,20). The molecule has 2 N–H and O–H groups in total. The van der Waals surface area contributed by atoms with Gasteiger partial charge in [-0.3, -0.25) is 10.1 Å². The first-order valence-corrected chi connectivity index (χ1v) is 8.21. The van der Waals surface area contributed by atoms with Gasteiger partial charge in [0.05, 0.1) is 0 Å². The zero-order valence-electron chi connectivity index (χ0n) is 13.6. The van der Waals surface area contributed by atoms with Crippen LogP contribution in [0, 0.1) is 0 Å². The number of hydrogen-bond acceptors (Lipinski definition) is 3. The highest BCUT2D eigenvalue weighted by Crippen LogP contribution is 2.11. The highest BCUT2D eigenvalue weighted by atomic mass is 17.1. The SMILES string of the molecule is CCC=CCC=CC=CC(CCCCCCCC(=O)O)OO. The summed E-state index contributed by atoms with van der Waals surface area (Å²) in [6, 6.07) is 0. The lowest BCUT2D eigenvalue weighted by molar-refractivity contribution is -0.267. The van der Waals surface area contributed by atoms with Crippen LogP contribution in [-0.2, 0) is 9.68 Å². The topological polar surface area (TPSA) is 66.8 Å². The second kappa shape index (κ2) is 16.0. The quantitative estimate of drug-likeness (QED) is 0.153. The van der Waals surface area contributed by atoms with E-state index in [1.807, 2.05) is 18.2 Å². The Hall–Kier alpha value is -1.39. The molecule has 0 fully saturated rings. The van der Waals surface area contributed by atoms with E-state index in [0.717, 1.165) is 51.4 Å². The van der Waals surface area contributed by atoms with Gasteiger partial charge in [0.2, 0.25) is 0 Å². The molecule has 0 aliphatic rings. The minimum absolute atomic E-state index is 0.255. The average molecular weight is 310 g/mol. The van der Waals surface area contributed by atoms with Crippen LogP contribution >= 0.6 is 0 Å². The molecule has 0 radical (unpaired) electrons. The van der Waals surface area contributed by atoms with Crippen LogP contribution in [0.2, 0.25) is 0 Å². The Balaban J connectivity index is 3.65. The van der Waals surface area contributed by atoms with Crippen LogP contribution in [0.1, 0.15) is 64.7 Å². The van der Waals surface area contributed by atoms with Gasteiger partial charge in [-0.2, -0.15) is 0 Å². The van der Waals surface area contributed by atoms with Gasteiger partial charge in [-0.1, -0.05) is 69.1 Å². The summed E-state index contributed by atoms with van der Waals surface area (Å²) in [6.07, 6.45) is 19.5. The molecule has 0 bridgehead atoms. The lowest BCUT2D eigenvalue weighted by Gasteiger charge is -2.08. The zero-order chi connectivity index (χ0) is 16.5. The van der Waals surface area contributed by atoms with Crippen LogP contribution in [0.15, 0.2) is 36.5 Å². The van der Waals surface area contributed by atoms with Crippen molar-refractivity contribution in [2.24, 2.45) is 0 Å². The fourth-order valence-electron chi connectivity index (χ4n) is 2.02. The number of carbonyl (C=O) groups is 1. The molecule has 0 heterocycles. The predicted molar refractivity (Wildman–Crippen MR) is 89.8 cm³/mol. The number of hydrogen-bond donors (Lipinski definition) is 2. The summed E-state index contributed by atoms with van der Waals surface area (Å²) in [6.45, 7) is 2.11. The summed E-state index contributed by atoms with van der Waals surface area (Å²) >= 11 is 0.